The van der Waals surface area contributed by atoms with Crippen LogP contribution in [0.2, 0.25) is 0 Å². The molecule has 3 N–H and O–H groups in total. The summed E-state index contributed by atoms with van der Waals surface area (Å²) in [5.74, 6) is -5.16. The minimum absolute atomic E-state index is 0.0646. The molecule has 0 radical (unpaired) electrons. The second kappa shape index (κ2) is 20.1. The van der Waals surface area contributed by atoms with Gasteiger partial charge in [0.05, 0.1) is 17.3 Å². The summed E-state index contributed by atoms with van der Waals surface area (Å²) >= 11 is 0. The largest absolute Gasteiger partial charge is 0.408 e. The zero-order valence-corrected chi connectivity index (χ0v) is 38.7. The lowest BCUT2D eigenvalue weighted by Gasteiger charge is -2.32. The Hall–Kier alpha value is -7.52. The number of unbranched alkanes of at least 4 members (excludes halogenated alkanes) is 4. The van der Waals surface area contributed by atoms with Gasteiger partial charge in [-0.2, -0.15) is 18.3 Å². The van der Waals surface area contributed by atoms with Gasteiger partial charge >= 0.3 is 12.2 Å². The molecule has 2 fully saturated rings. The number of hydrogen-bond acceptors (Lipinski definition) is 10. The van der Waals surface area contributed by atoms with Gasteiger partial charge in [0.1, 0.15) is 42.7 Å². The van der Waals surface area contributed by atoms with E-state index in [-0.39, 0.29) is 59.0 Å². The first-order chi connectivity index (χ1) is 33.8. The monoisotopic (exact) mass is 987 g/mol. The first-order valence-corrected chi connectivity index (χ1v) is 23.2. The summed E-state index contributed by atoms with van der Waals surface area (Å²) in [6.07, 6.45) is 0.332. The highest BCUT2D eigenvalue weighted by Gasteiger charge is 2.59. The van der Waals surface area contributed by atoms with Gasteiger partial charge in [0.15, 0.2) is 0 Å². The third-order valence-corrected chi connectivity index (χ3v) is 13.5. The molecule has 17 nitrogen and oxygen atoms in total. The quantitative estimate of drug-likeness (QED) is 0.0477. The van der Waals surface area contributed by atoms with Gasteiger partial charge in [0.2, 0.25) is 17.7 Å². The van der Waals surface area contributed by atoms with E-state index in [9.17, 15) is 55.9 Å². The number of rotatable bonds is 18. The number of carbonyl (C=O) groups is 8. The van der Waals surface area contributed by atoms with Gasteiger partial charge in [-0.1, -0.05) is 43.5 Å². The summed E-state index contributed by atoms with van der Waals surface area (Å²) in [6.45, 7) is 0.0636. The second-order valence-electron chi connectivity index (χ2n) is 18.1. The van der Waals surface area contributed by atoms with E-state index in [1.165, 1.54) is 42.2 Å². The molecular formula is C49H50F5N9O8. The molecule has 3 aromatic carbocycles. The lowest BCUT2D eigenvalue weighted by Crippen LogP contribution is -2.54. The number of piperidine rings is 1. The van der Waals surface area contributed by atoms with E-state index in [1.54, 1.807) is 30.5 Å². The molecule has 9 amide bonds. The average molecular weight is 988 g/mol. The van der Waals surface area contributed by atoms with Crippen molar-refractivity contribution in [3.8, 4) is 11.1 Å². The van der Waals surface area contributed by atoms with Gasteiger partial charge < -0.3 is 20.9 Å². The molecule has 4 aromatic rings. The highest BCUT2D eigenvalue weighted by atomic mass is 19.4. The third-order valence-electron chi connectivity index (χ3n) is 13.5. The van der Waals surface area contributed by atoms with Crippen molar-refractivity contribution in [3.05, 3.63) is 107 Å². The van der Waals surface area contributed by atoms with Crippen LogP contribution in [0.15, 0.2) is 73.1 Å². The van der Waals surface area contributed by atoms with Crippen LogP contribution in [0.1, 0.15) is 102 Å². The highest BCUT2D eigenvalue weighted by molar-refractivity contribution is 6.23. The molecule has 374 valence electrons. The number of aromatic nitrogens is 2. The van der Waals surface area contributed by atoms with Crippen LogP contribution in [-0.2, 0) is 42.6 Å². The van der Waals surface area contributed by atoms with Gasteiger partial charge in [0.25, 0.3) is 23.6 Å². The van der Waals surface area contributed by atoms with Crippen LogP contribution in [0.4, 0.5) is 32.4 Å². The van der Waals surface area contributed by atoms with Gasteiger partial charge in [-0.05, 0) is 84.8 Å². The van der Waals surface area contributed by atoms with Crippen molar-refractivity contribution in [2.45, 2.75) is 101 Å². The van der Waals surface area contributed by atoms with Crippen LogP contribution >= 0.6 is 0 Å². The van der Waals surface area contributed by atoms with E-state index >= 15 is 4.39 Å². The number of imide groups is 3. The highest BCUT2D eigenvalue weighted by Crippen LogP contribution is 2.49. The Morgan fingerprint density at radius 3 is 2.32 bits per heavy atom. The Balaban J connectivity index is 0.770. The van der Waals surface area contributed by atoms with Gasteiger partial charge in [-0.25, -0.2) is 13.6 Å². The van der Waals surface area contributed by atoms with Crippen molar-refractivity contribution in [1.29, 1.82) is 0 Å². The van der Waals surface area contributed by atoms with Crippen LogP contribution in [-0.4, -0.2) is 122 Å². The molecular weight excluding hydrogens is 938 g/mol. The molecule has 1 unspecified atom stereocenters. The Kier molecular flexibility index (Phi) is 14.1. The SMILES string of the molecule is C[C@H](N(Cc1ccc(F)cc1)C(=O)CN1C(=O)N[C@]2(C[C@@H](F)c3cc(-c4cnn(CC(=O)NCCCCCCCNc5ccc6c(c5)C(=O)N(C5CCC(=O)N(C)C5=O)C6=O)c4)ccc32)C1=O)C(F)(F)F. The minimum atomic E-state index is -4.87. The van der Waals surface area contributed by atoms with Gasteiger partial charge in [-0.15, -0.1) is 0 Å². The summed E-state index contributed by atoms with van der Waals surface area (Å²) in [7, 11) is 1.34. The summed E-state index contributed by atoms with van der Waals surface area (Å²) in [5.41, 5.74) is 0.596. The van der Waals surface area contributed by atoms with E-state index in [1.807, 2.05) is 0 Å². The van der Waals surface area contributed by atoms with E-state index in [0.717, 1.165) is 61.0 Å². The fourth-order valence-corrected chi connectivity index (χ4v) is 9.43. The molecule has 22 heteroatoms. The Labute approximate surface area is 403 Å². The predicted molar refractivity (Wildman–Crippen MR) is 243 cm³/mol. The maximum Gasteiger partial charge on any atom is 0.408 e. The molecule has 0 saturated carbocycles. The summed E-state index contributed by atoms with van der Waals surface area (Å²) in [4.78, 5) is 107. The zero-order valence-electron chi connectivity index (χ0n) is 38.7. The molecule has 8 rings (SSSR count). The van der Waals surface area contributed by atoms with Crippen molar-refractivity contribution < 1.29 is 60.3 Å². The fourth-order valence-electron chi connectivity index (χ4n) is 9.43. The molecule has 1 aliphatic carbocycles. The average Bonchev–Trinajstić information content (AvgIpc) is 4.05. The number of nitrogens with zero attached hydrogens (tertiary/aromatic N) is 6. The molecule has 4 heterocycles. The molecule has 1 spiro atoms. The van der Waals surface area contributed by atoms with Crippen LogP contribution in [0.3, 0.4) is 0 Å². The number of anilines is 1. The Morgan fingerprint density at radius 2 is 1.59 bits per heavy atom. The van der Waals surface area contributed by atoms with Gasteiger partial charge in [-0.3, -0.25) is 52.9 Å². The molecule has 2 saturated heterocycles. The van der Waals surface area contributed by atoms with Crippen LogP contribution in [0.25, 0.3) is 11.1 Å². The number of halogens is 5. The number of carbonyl (C=O) groups excluding carboxylic acids is 8. The number of fused-ring (bicyclic) bond motifs is 3. The van der Waals surface area contributed by atoms with E-state index < -0.39 is 90.9 Å². The number of alkyl halides is 4. The topological polar surface area (TPSA) is 203 Å². The van der Waals surface area contributed by atoms with Crippen LogP contribution in [0.5, 0.6) is 0 Å². The van der Waals surface area contributed by atoms with Crippen molar-refractivity contribution in [2.24, 2.45) is 0 Å². The number of urea groups is 1. The number of nitrogens with one attached hydrogen (secondary N) is 3. The number of benzene rings is 3. The number of likely N-dealkylation sites (tertiary alicyclic amines) is 1. The molecule has 71 heavy (non-hydrogen) atoms. The summed E-state index contributed by atoms with van der Waals surface area (Å²) in [5, 5.41) is 12.9. The molecule has 4 atom stereocenters. The Bertz CT molecular complexity index is 2800. The third kappa shape index (κ3) is 10.1. The molecule has 4 aliphatic rings. The van der Waals surface area contributed by atoms with E-state index in [2.05, 4.69) is 21.0 Å². The van der Waals surface area contributed by atoms with Gasteiger partial charge in [0, 0.05) is 57.0 Å². The zero-order chi connectivity index (χ0) is 50.9. The number of likely N-dealkylation sites (N-methyl/N-ethyl adjacent to an activating group) is 1. The fraction of sp³-hybridized carbons (Fsp3) is 0.408. The molecule has 1 aromatic heterocycles. The number of amides is 9. The Morgan fingerprint density at radius 1 is 0.887 bits per heavy atom. The van der Waals surface area contributed by atoms with Crippen molar-refractivity contribution >= 4 is 53.1 Å². The maximum atomic E-state index is 15.8. The first-order valence-electron chi connectivity index (χ1n) is 23.2. The normalized spacial score (nSPS) is 20.2. The first kappa shape index (κ1) is 49.9. The van der Waals surface area contributed by atoms with Crippen LogP contribution in [0, 0.1) is 5.82 Å². The van der Waals surface area contributed by atoms with Crippen LogP contribution < -0.4 is 16.0 Å². The lowest BCUT2D eigenvalue weighted by atomic mass is 9.90. The van der Waals surface area contributed by atoms with Crippen molar-refractivity contribution in [1.82, 2.24) is 40.0 Å². The predicted octanol–water partition coefficient (Wildman–Crippen LogP) is 5.75. The summed E-state index contributed by atoms with van der Waals surface area (Å²) in [6, 6.07) is 9.47. The van der Waals surface area contributed by atoms with Crippen molar-refractivity contribution in [2.75, 3.05) is 32.0 Å². The van der Waals surface area contributed by atoms with Crippen molar-refractivity contribution in [3.63, 3.8) is 0 Å². The smallest absolute Gasteiger partial charge is 0.385 e. The minimum Gasteiger partial charge on any atom is -0.385 e. The molecule has 0 bridgehead atoms. The maximum absolute atomic E-state index is 15.8. The molecule has 3 aliphatic heterocycles. The second-order valence-corrected chi connectivity index (χ2v) is 18.1. The van der Waals surface area contributed by atoms with E-state index in [4.69, 9.17) is 0 Å². The summed E-state index contributed by atoms with van der Waals surface area (Å²) < 4.78 is 72.3. The standard InChI is InChI=1S/C49H50F5N9O8/c1-28(49(52,53)54)61(24-29-8-11-32(50)12-9-29)42(66)27-62-46(70)48(58-47(62)71)22-38(51)36-20-30(10-15-37(36)48)31-23-57-60(25-31)26-40(64)56-19-7-5-3-4-6-18-55-33-13-14-34-35(21-33)44(68)63(43(34)67)39-16-17-41(65)59(2)45(39)69/h8-15,20-21,23,25,28,38-39,55H,3-7,16-19,22,24,26-27H2,1-2H3,(H,56,64)(H,58,71)/t28-,38+,39?,48-/m0/s1. The van der Waals surface area contributed by atoms with E-state index in [0.29, 0.717) is 39.7 Å². The number of hydrogen-bond donors (Lipinski definition) is 3. The lowest BCUT2D eigenvalue weighted by molar-refractivity contribution is -0.187.